The Morgan fingerprint density at radius 3 is 2.93 bits per heavy atom. The molecule has 0 aliphatic rings. The Morgan fingerprint density at radius 1 is 1.57 bits per heavy atom. The van der Waals surface area contributed by atoms with Gasteiger partial charge in [-0.3, -0.25) is 0 Å². The van der Waals surface area contributed by atoms with Gasteiger partial charge in [0.15, 0.2) is 0 Å². The van der Waals surface area contributed by atoms with Crippen LogP contribution in [0.2, 0.25) is 0 Å². The molecule has 5 heteroatoms. The molecule has 1 rings (SSSR count). The van der Waals surface area contributed by atoms with Crippen LogP contribution in [0, 0.1) is 0 Å². The van der Waals surface area contributed by atoms with E-state index in [4.69, 9.17) is 11.5 Å². The van der Waals surface area contributed by atoms with Gasteiger partial charge in [-0.15, -0.1) is 11.3 Å². The fourth-order valence-corrected chi connectivity index (χ4v) is 2.52. The Labute approximate surface area is 97.0 Å². The van der Waals surface area contributed by atoms with E-state index in [0.717, 1.165) is 24.0 Å². The summed E-state index contributed by atoms with van der Waals surface area (Å²) in [6.45, 7) is 2.29. The number of hydrogen-bond acceptors (Lipinski definition) is 4. The summed E-state index contributed by atoms with van der Waals surface area (Å²) in [6, 6.07) is 2.22. The van der Waals surface area contributed by atoms with E-state index in [1.54, 1.807) is 11.3 Å². The van der Waals surface area contributed by atoms with Crippen LogP contribution in [0.25, 0.3) is 0 Å². The molecule has 0 amide bonds. The maximum atomic E-state index is 5.66. The number of halogens is 1. The first kappa shape index (κ1) is 12.1. The van der Waals surface area contributed by atoms with Crippen LogP contribution >= 0.6 is 27.3 Å². The molecule has 14 heavy (non-hydrogen) atoms. The van der Waals surface area contributed by atoms with Gasteiger partial charge in [-0.05, 0) is 28.4 Å². The van der Waals surface area contributed by atoms with Crippen molar-refractivity contribution in [2.45, 2.75) is 12.5 Å². The van der Waals surface area contributed by atoms with E-state index in [9.17, 15) is 0 Å². The van der Waals surface area contributed by atoms with Crippen LogP contribution in [0.5, 0.6) is 0 Å². The number of nitrogens with two attached hydrogens (primary N) is 2. The lowest BCUT2D eigenvalue weighted by Gasteiger charge is -2.09. The maximum Gasteiger partial charge on any atom is 0.0290 e. The molecule has 0 bridgehead atoms. The third kappa shape index (κ3) is 4.52. The Kier molecular flexibility index (Phi) is 5.66. The summed E-state index contributed by atoms with van der Waals surface area (Å²) in [4.78, 5) is 1.38. The van der Waals surface area contributed by atoms with Crippen LogP contribution in [0.15, 0.2) is 15.9 Å². The van der Waals surface area contributed by atoms with E-state index in [0.29, 0.717) is 6.54 Å². The van der Waals surface area contributed by atoms with Gasteiger partial charge in [0.05, 0.1) is 0 Å². The molecule has 80 valence electrons. The summed E-state index contributed by atoms with van der Waals surface area (Å²) < 4.78 is 1.16. The van der Waals surface area contributed by atoms with Gasteiger partial charge in [0.25, 0.3) is 0 Å². The lowest BCUT2D eigenvalue weighted by Crippen LogP contribution is -2.40. The summed E-state index contributed by atoms with van der Waals surface area (Å²) in [7, 11) is 0. The van der Waals surface area contributed by atoms with E-state index in [1.807, 2.05) is 0 Å². The minimum Gasteiger partial charge on any atom is -0.329 e. The molecular formula is C9H16BrN3S. The summed E-state index contributed by atoms with van der Waals surface area (Å²) in [5, 5.41) is 5.38. The molecule has 0 spiro atoms. The zero-order chi connectivity index (χ0) is 10.4. The largest absolute Gasteiger partial charge is 0.329 e. The molecule has 0 radical (unpaired) electrons. The van der Waals surface area contributed by atoms with Crippen molar-refractivity contribution in [3.8, 4) is 0 Å². The van der Waals surface area contributed by atoms with Gasteiger partial charge in [-0.25, -0.2) is 0 Å². The molecule has 3 nitrogen and oxygen atoms in total. The molecule has 0 saturated carbocycles. The molecule has 0 aliphatic carbocycles. The summed E-state index contributed by atoms with van der Waals surface area (Å²) in [5.41, 5.74) is 11.1. The number of hydrogen-bond donors (Lipinski definition) is 3. The lowest BCUT2D eigenvalue weighted by atomic mass is 10.3. The van der Waals surface area contributed by atoms with E-state index in [-0.39, 0.29) is 6.04 Å². The monoisotopic (exact) mass is 277 g/mol. The molecule has 1 aromatic heterocycles. The molecule has 0 fully saturated rings. The molecule has 1 heterocycles. The van der Waals surface area contributed by atoms with Crippen LogP contribution in [-0.2, 0) is 6.42 Å². The van der Waals surface area contributed by atoms with Crippen molar-refractivity contribution in [3.63, 3.8) is 0 Å². The maximum absolute atomic E-state index is 5.66. The summed E-state index contributed by atoms with van der Waals surface area (Å²) >= 11 is 5.20. The predicted octanol–water partition coefficient (Wildman–Crippen LogP) is 0.929. The summed E-state index contributed by atoms with van der Waals surface area (Å²) in [5.74, 6) is 0. The van der Waals surface area contributed by atoms with Gasteiger partial charge in [0.2, 0.25) is 0 Å². The fraction of sp³-hybridized carbons (Fsp3) is 0.556. The topological polar surface area (TPSA) is 64.1 Å². The van der Waals surface area contributed by atoms with Crippen molar-refractivity contribution < 1.29 is 0 Å². The highest BCUT2D eigenvalue weighted by Gasteiger charge is 1.99. The molecule has 1 atom stereocenters. The molecule has 0 aromatic carbocycles. The Morgan fingerprint density at radius 2 is 2.36 bits per heavy atom. The second-order valence-corrected chi connectivity index (χ2v) is 5.09. The van der Waals surface area contributed by atoms with Crippen LogP contribution in [-0.4, -0.2) is 25.7 Å². The van der Waals surface area contributed by atoms with E-state index in [1.165, 1.54) is 4.88 Å². The Balaban J connectivity index is 2.10. The van der Waals surface area contributed by atoms with Crippen molar-refractivity contribution in [1.82, 2.24) is 5.32 Å². The standard InChI is InChI=1S/C9H16BrN3S/c10-7-3-9(14-6-7)1-2-13-5-8(12)4-11/h3,6,8,13H,1-2,4-5,11-12H2. The van der Waals surface area contributed by atoms with Crippen LogP contribution in [0.1, 0.15) is 4.88 Å². The smallest absolute Gasteiger partial charge is 0.0290 e. The van der Waals surface area contributed by atoms with Crippen molar-refractivity contribution >= 4 is 27.3 Å². The van der Waals surface area contributed by atoms with E-state index >= 15 is 0 Å². The molecule has 1 unspecified atom stereocenters. The highest BCUT2D eigenvalue weighted by Crippen LogP contribution is 2.19. The molecule has 0 saturated heterocycles. The Bertz CT molecular complexity index is 264. The third-order valence-corrected chi connectivity index (χ3v) is 3.64. The zero-order valence-corrected chi connectivity index (χ0v) is 10.4. The average molecular weight is 278 g/mol. The van der Waals surface area contributed by atoms with Gasteiger partial charge < -0.3 is 16.8 Å². The second-order valence-electron chi connectivity index (χ2n) is 3.18. The number of thiophene rings is 1. The first-order valence-electron chi connectivity index (χ1n) is 4.61. The van der Waals surface area contributed by atoms with Crippen molar-refractivity contribution in [2.24, 2.45) is 11.5 Å². The number of nitrogens with one attached hydrogen (secondary N) is 1. The molecule has 0 aliphatic heterocycles. The molecular weight excluding hydrogens is 262 g/mol. The van der Waals surface area contributed by atoms with Crippen molar-refractivity contribution in [1.29, 1.82) is 0 Å². The second kappa shape index (κ2) is 6.53. The van der Waals surface area contributed by atoms with Crippen LogP contribution < -0.4 is 16.8 Å². The van der Waals surface area contributed by atoms with Crippen molar-refractivity contribution in [3.05, 3.63) is 20.8 Å². The van der Waals surface area contributed by atoms with Gasteiger partial charge in [0.1, 0.15) is 0 Å². The van der Waals surface area contributed by atoms with Gasteiger partial charge >= 0.3 is 0 Å². The fourth-order valence-electron chi connectivity index (χ4n) is 1.07. The lowest BCUT2D eigenvalue weighted by molar-refractivity contribution is 0.584. The number of rotatable bonds is 6. The van der Waals surface area contributed by atoms with Gasteiger partial charge in [0, 0.05) is 40.4 Å². The highest BCUT2D eigenvalue weighted by molar-refractivity contribution is 9.10. The van der Waals surface area contributed by atoms with Crippen LogP contribution in [0.4, 0.5) is 0 Å². The normalized spacial score (nSPS) is 13.1. The molecule has 5 N–H and O–H groups in total. The first-order chi connectivity index (χ1) is 6.72. The van der Waals surface area contributed by atoms with Gasteiger partial charge in [-0.2, -0.15) is 0 Å². The Hall–Kier alpha value is 0.0600. The minimum absolute atomic E-state index is 0.0741. The van der Waals surface area contributed by atoms with Crippen LogP contribution in [0.3, 0.4) is 0 Å². The first-order valence-corrected chi connectivity index (χ1v) is 6.29. The zero-order valence-electron chi connectivity index (χ0n) is 8.00. The van der Waals surface area contributed by atoms with E-state index < -0.39 is 0 Å². The predicted molar refractivity (Wildman–Crippen MR) is 65.6 cm³/mol. The summed E-state index contributed by atoms with van der Waals surface area (Å²) in [6.07, 6.45) is 1.05. The average Bonchev–Trinajstić information content (AvgIpc) is 2.58. The van der Waals surface area contributed by atoms with Gasteiger partial charge in [-0.1, -0.05) is 0 Å². The van der Waals surface area contributed by atoms with E-state index in [2.05, 4.69) is 32.7 Å². The highest BCUT2D eigenvalue weighted by atomic mass is 79.9. The quantitative estimate of drug-likeness (QED) is 0.678. The van der Waals surface area contributed by atoms with Crippen molar-refractivity contribution in [2.75, 3.05) is 19.6 Å². The molecule has 1 aromatic rings. The minimum atomic E-state index is 0.0741. The third-order valence-electron chi connectivity index (χ3n) is 1.88. The SMILES string of the molecule is NCC(N)CNCCc1cc(Br)cs1.